The molecule has 2 heterocycles. The third-order valence-corrected chi connectivity index (χ3v) is 4.31. The van der Waals surface area contributed by atoms with E-state index in [2.05, 4.69) is 20.3 Å². The predicted molar refractivity (Wildman–Crippen MR) is 92.1 cm³/mol. The van der Waals surface area contributed by atoms with Crippen LogP contribution in [-0.4, -0.2) is 27.9 Å². The summed E-state index contributed by atoms with van der Waals surface area (Å²) in [5.74, 6) is -0.153. The van der Waals surface area contributed by atoms with Gasteiger partial charge < -0.3 is 10.2 Å². The fourth-order valence-electron chi connectivity index (χ4n) is 3.09. The van der Waals surface area contributed by atoms with Gasteiger partial charge in [-0.15, -0.1) is 0 Å². The van der Waals surface area contributed by atoms with Crippen LogP contribution in [0.25, 0.3) is 0 Å². The first-order valence-electron chi connectivity index (χ1n) is 8.02. The van der Waals surface area contributed by atoms with Crippen LogP contribution in [0.4, 0.5) is 21.5 Å². The number of aromatic nitrogens is 3. The average Bonchev–Trinajstić information content (AvgIpc) is 3.26. The molecule has 0 radical (unpaired) electrons. The Morgan fingerprint density at radius 2 is 1.96 bits per heavy atom. The van der Waals surface area contributed by atoms with Gasteiger partial charge >= 0.3 is 0 Å². The van der Waals surface area contributed by atoms with E-state index in [9.17, 15) is 4.39 Å². The van der Waals surface area contributed by atoms with Gasteiger partial charge in [-0.05, 0) is 30.7 Å². The lowest BCUT2D eigenvalue weighted by Crippen LogP contribution is -2.25. The van der Waals surface area contributed by atoms with Crippen LogP contribution in [-0.2, 0) is 13.0 Å². The van der Waals surface area contributed by atoms with Gasteiger partial charge in [-0.1, -0.05) is 18.2 Å². The molecule has 1 aromatic heterocycles. The molecule has 0 saturated heterocycles. The van der Waals surface area contributed by atoms with Crippen LogP contribution >= 0.6 is 0 Å². The number of nitrogens with one attached hydrogen (secondary N) is 1. The van der Waals surface area contributed by atoms with Gasteiger partial charge in [0.15, 0.2) is 5.82 Å². The Morgan fingerprint density at radius 1 is 1.08 bits per heavy atom. The molecule has 3 aromatic rings. The summed E-state index contributed by atoms with van der Waals surface area (Å²) in [5.41, 5.74) is 3.18. The third kappa shape index (κ3) is 2.82. The zero-order valence-electron chi connectivity index (χ0n) is 13.2. The minimum absolute atomic E-state index is 0.153. The lowest BCUT2D eigenvalue weighted by molar-refractivity contribution is 0.600. The first-order valence-corrected chi connectivity index (χ1v) is 8.02. The Morgan fingerprint density at radius 3 is 2.75 bits per heavy atom. The van der Waals surface area contributed by atoms with Gasteiger partial charge in [0.25, 0.3) is 0 Å². The summed E-state index contributed by atoms with van der Waals surface area (Å²) < 4.78 is 16.6. The van der Waals surface area contributed by atoms with Crippen LogP contribution in [0, 0.1) is 5.82 Å². The summed E-state index contributed by atoms with van der Waals surface area (Å²) in [4.78, 5) is 6.14. The van der Waals surface area contributed by atoms with E-state index in [4.69, 9.17) is 0 Å². The molecule has 4 rings (SSSR count). The largest absolute Gasteiger partial charge is 0.369 e. The van der Waals surface area contributed by atoms with Crippen LogP contribution in [0.3, 0.4) is 0 Å². The van der Waals surface area contributed by atoms with E-state index < -0.39 is 0 Å². The summed E-state index contributed by atoms with van der Waals surface area (Å²) in [6, 6.07) is 13.5. The van der Waals surface area contributed by atoms with E-state index in [0.29, 0.717) is 5.69 Å². The summed E-state index contributed by atoms with van der Waals surface area (Å²) >= 11 is 0. The zero-order valence-corrected chi connectivity index (χ0v) is 13.2. The zero-order chi connectivity index (χ0) is 16.4. The standard InChI is InChI=1S/C18H18FN5/c19-18-15-8-9-23(10-11-24-13-20-12-21-24)17(15)7-6-16(18)22-14-4-2-1-3-5-14/h1-7,12-13,22H,8-11H2. The van der Waals surface area contributed by atoms with Gasteiger partial charge in [-0.3, -0.25) is 4.68 Å². The molecule has 122 valence electrons. The molecular formula is C18H18FN5. The number of nitrogens with zero attached hydrogens (tertiary/aromatic N) is 4. The highest BCUT2D eigenvalue weighted by Crippen LogP contribution is 2.34. The van der Waals surface area contributed by atoms with E-state index >= 15 is 0 Å². The van der Waals surface area contributed by atoms with Crippen LogP contribution in [0.1, 0.15) is 5.56 Å². The highest BCUT2D eigenvalue weighted by atomic mass is 19.1. The maximum atomic E-state index is 14.8. The quantitative estimate of drug-likeness (QED) is 0.783. The van der Waals surface area contributed by atoms with Gasteiger partial charge in [-0.2, -0.15) is 5.10 Å². The number of hydrogen-bond acceptors (Lipinski definition) is 4. The van der Waals surface area contributed by atoms with Crippen molar-refractivity contribution in [3.8, 4) is 0 Å². The van der Waals surface area contributed by atoms with Crippen molar-refractivity contribution in [3.63, 3.8) is 0 Å². The number of para-hydroxylation sites is 1. The SMILES string of the molecule is Fc1c(Nc2ccccc2)ccc2c1CCN2CCn1cncn1. The first kappa shape index (κ1) is 14.7. The van der Waals surface area contributed by atoms with Crippen LogP contribution in [0.5, 0.6) is 0 Å². The average molecular weight is 323 g/mol. The summed E-state index contributed by atoms with van der Waals surface area (Å²) in [6.07, 6.45) is 3.95. The van der Waals surface area contributed by atoms with Crippen molar-refractivity contribution >= 4 is 17.1 Å². The van der Waals surface area contributed by atoms with Crippen molar-refractivity contribution in [3.05, 3.63) is 66.5 Å². The topological polar surface area (TPSA) is 46.0 Å². The Labute approximate surface area is 139 Å². The fourth-order valence-corrected chi connectivity index (χ4v) is 3.09. The van der Waals surface area contributed by atoms with Gasteiger partial charge in [0, 0.05) is 30.0 Å². The Balaban J connectivity index is 1.52. The molecule has 2 aromatic carbocycles. The molecule has 0 fully saturated rings. The predicted octanol–water partition coefficient (Wildman–Crippen LogP) is 3.22. The van der Waals surface area contributed by atoms with Crippen molar-refractivity contribution in [1.82, 2.24) is 14.8 Å². The Hall–Kier alpha value is -2.89. The number of benzene rings is 2. The summed E-state index contributed by atoms with van der Waals surface area (Å²) in [7, 11) is 0. The lowest BCUT2D eigenvalue weighted by atomic mass is 10.1. The normalized spacial score (nSPS) is 13.1. The molecule has 5 nitrogen and oxygen atoms in total. The number of halogens is 1. The molecule has 6 heteroatoms. The Kier molecular flexibility index (Phi) is 3.86. The fraction of sp³-hybridized carbons (Fsp3) is 0.222. The van der Waals surface area contributed by atoms with Crippen molar-refractivity contribution in [1.29, 1.82) is 0 Å². The minimum Gasteiger partial charge on any atom is -0.369 e. The molecule has 1 N–H and O–H groups in total. The molecule has 0 aliphatic carbocycles. The van der Waals surface area contributed by atoms with Crippen molar-refractivity contribution in [2.24, 2.45) is 0 Å². The number of anilines is 3. The van der Waals surface area contributed by atoms with Crippen LogP contribution in [0.2, 0.25) is 0 Å². The molecule has 0 unspecified atom stereocenters. The van der Waals surface area contributed by atoms with E-state index in [1.807, 2.05) is 42.5 Å². The van der Waals surface area contributed by atoms with Gasteiger partial charge in [0.1, 0.15) is 12.7 Å². The van der Waals surface area contributed by atoms with Gasteiger partial charge in [0.05, 0.1) is 12.2 Å². The molecular weight excluding hydrogens is 305 g/mol. The second kappa shape index (κ2) is 6.31. The maximum Gasteiger partial charge on any atom is 0.151 e. The maximum absolute atomic E-state index is 14.8. The minimum atomic E-state index is -0.153. The molecule has 0 amide bonds. The molecule has 0 bridgehead atoms. The molecule has 1 aliphatic heterocycles. The van der Waals surface area contributed by atoms with Crippen molar-refractivity contribution in [2.45, 2.75) is 13.0 Å². The van der Waals surface area contributed by atoms with E-state index in [-0.39, 0.29) is 5.82 Å². The highest BCUT2D eigenvalue weighted by Gasteiger charge is 2.24. The molecule has 0 spiro atoms. The van der Waals surface area contributed by atoms with Crippen LogP contribution in [0.15, 0.2) is 55.1 Å². The van der Waals surface area contributed by atoms with Gasteiger partial charge in [-0.25, -0.2) is 9.37 Å². The first-order chi connectivity index (χ1) is 11.8. The summed E-state index contributed by atoms with van der Waals surface area (Å²) in [6.45, 7) is 2.36. The molecule has 24 heavy (non-hydrogen) atoms. The second-order valence-corrected chi connectivity index (χ2v) is 5.81. The molecule has 0 saturated carbocycles. The Bertz CT molecular complexity index is 817. The highest BCUT2D eigenvalue weighted by molar-refractivity contribution is 5.69. The van der Waals surface area contributed by atoms with Crippen molar-refractivity contribution in [2.75, 3.05) is 23.3 Å². The number of fused-ring (bicyclic) bond motifs is 1. The lowest BCUT2D eigenvalue weighted by Gasteiger charge is -2.19. The smallest absolute Gasteiger partial charge is 0.151 e. The number of hydrogen-bond donors (Lipinski definition) is 1. The third-order valence-electron chi connectivity index (χ3n) is 4.31. The van der Waals surface area contributed by atoms with E-state index in [0.717, 1.165) is 43.0 Å². The van der Waals surface area contributed by atoms with Crippen molar-refractivity contribution < 1.29 is 4.39 Å². The molecule has 0 atom stereocenters. The second-order valence-electron chi connectivity index (χ2n) is 5.81. The number of rotatable bonds is 5. The molecule has 1 aliphatic rings. The van der Waals surface area contributed by atoms with E-state index in [1.54, 1.807) is 11.0 Å². The monoisotopic (exact) mass is 323 g/mol. The van der Waals surface area contributed by atoms with E-state index in [1.165, 1.54) is 6.33 Å². The van der Waals surface area contributed by atoms with Gasteiger partial charge in [0.2, 0.25) is 0 Å². The van der Waals surface area contributed by atoms with Crippen LogP contribution < -0.4 is 10.2 Å². The summed E-state index contributed by atoms with van der Waals surface area (Å²) in [5, 5.41) is 7.26.